The molecule has 1 aliphatic rings. The second-order valence-electron chi connectivity index (χ2n) is 5.96. The number of fused-ring (bicyclic) bond motifs is 1. The van der Waals surface area contributed by atoms with Crippen molar-refractivity contribution in [2.75, 3.05) is 0 Å². The highest BCUT2D eigenvalue weighted by molar-refractivity contribution is 9.10. The number of rotatable bonds is 2. The van der Waals surface area contributed by atoms with Crippen LogP contribution in [0.25, 0.3) is 5.65 Å². The maximum Gasteiger partial charge on any atom is 0.156 e. The van der Waals surface area contributed by atoms with Gasteiger partial charge >= 0.3 is 0 Å². The lowest BCUT2D eigenvalue weighted by Gasteiger charge is -2.46. The Morgan fingerprint density at radius 2 is 2.14 bits per heavy atom. The normalized spacial score (nSPS) is 25.2. The molecule has 3 aromatic heterocycles. The largest absolute Gasteiger partial charge is 0.320 e. The zero-order chi connectivity index (χ0) is 14.6. The molecule has 0 N–H and O–H groups in total. The first kappa shape index (κ1) is 12.9. The van der Waals surface area contributed by atoms with Crippen LogP contribution < -0.4 is 0 Å². The minimum atomic E-state index is -0.0686. The highest BCUT2D eigenvalue weighted by Gasteiger charge is 2.48. The summed E-state index contributed by atoms with van der Waals surface area (Å²) < 4.78 is 4.72. The SMILES string of the molecule is CC1CC(c2cc(Br)n3ncnc3c2)(c2nncn2C)C1. The minimum absolute atomic E-state index is 0.0686. The molecule has 0 aliphatic heterocycles. The summed E-state index contributed by atoms with van der Waals surface area (Å²) in [5.74, 6) is 1.71. The van der Waals surface area contributed by atoms with Gasteiger partial charge in [0.15, 0.2) is 5.65 Å². The summed E-state index contributed by atoms with van der Waals surface area (Å²) in [6, 6.07) is 4.24. The van der Waals surface area contributed by atoms with Crippen molar-refractivity contribution in [1.29, 1.82) is 0 Å². The van der Waals surface area contributed by atoms with E-state index in [2.05, 4.69) is 55.3 Å². The Kier molecular flexibility index (Phi) is 2.69. The molecule has 0 amide bonds. The number of hydrogen-bond donors (Lipinski definition) is 0. The summed E-state index contributed by atoms with van der Waals surface area (Å²) >= 11 is 3.59. The van der Waals surface area contributed by atoms with Gasteiger partial charge in [-0.15, -0.1) is 10.2 Å². The predicted octanol–water partition coefficient (Wildman–Crippen LogP) is 2.34. The molecule has 21 heavy (non-hydrogen) atoms. The molecule has 0 spiro atoms. The summed E-state index contributed by atoms with van der Waals surface area (Å²) in [4.78, 5) is 4.31. The van der Waals surface area contributed by atoms with Gasteiger partial charge in [-0.25, -0.2) is 9.50 Å². The van der Waals surface area contributed by atoms with Crippen LogP contribution in [0.1, 0.15) is 31.2 Å². The molecule has 4 rings (SSSR count). The molecule has 0 bridgehead atoms. The van der Waals surface area contributed by atoms with Gasteiger partial charge in [-0.05, 0) is 52.4 Å². The van der Waals surface area contributed by atoms with Crippen molar-refractivity contribution in [3.05, 3.63) is 40.8 Å². The number of hydrogen-bond acceptors (Lipinski definition) is 4. The van der Waals surface area contributed by atoms with Crippen LogP contribution in [0.3, 0.4) is 0 Å². The maximum absolute atomic E-state index is 4.37. The summed E-state index contributed by atoms with van der Waals surface area (Å²) in [6.07, 6.45) is 5.50. The third kappa shape index (κ3) is 1.76. The molecule has 108 valence electrons. The Morgan fingerprint density at radius 1 is 1.33 bits per heavy atom. The lowest BCUT2D eigenvalue weighted by atomic mass is 9.58. The maximum atomic E-state index is 4.37. The summed E-state index contributed by atoms with van der Waals surface area (Å²) in [5.41, 5.74) is 2.01. The highest BCUT2D eigenvalue weighted by Crippen LogP contribution is 2.51. The fourth-order valence-corrected chi connectivity index (χ4v) is 4.07. The summed E-state index contributed by atoms with van der Waals surface area (Å²) in [7, 11) is 2.00. The Labute approximate surface area is 130 Å². The average molecular weight is 347 g/mol. The molecule has 6 nitrogen and oxygen atoms in total. The third-order valence-corrected chi connectivity index (χ3v) is 4.99. The van der Waals surface area contributed by atoms with Crippen molar-refractivity contribution in [3.8, 4) is 0 Å². The highest BCUT2D eigenvalue weighted by atomic mass is 79.9. The van der Waals surface area contributed by atoms with Gasteiger partial charge in [0.05, 0.1) is 5.41 Å². The number of aromatic nitrogens is 6. The van der Waals surface area contributed by atoms with Crippen LogP contribution in [0, 0.1) is 5.92 Å². The third-order valence-electron chi connectivity index (χ3n) is 4.42. The van der Waals surface area contributed by atoms with Crippen LogP contribution in [0.4, 0.5) is 0 Å². The smallest absolute Gasteiger partial charge is 0.156 e. The van der Waals surface area contributed by atoms with Crippen molar-refractivity contribution in [2.24, 2.45) is 13.0 Å². The molecule has 0 aromatic carbocycles. The molecule has 1 fully saturated rings. The van der Waals surface area contributed by atoms with Gasteiger partial charge in [0, 0.05) is 7.05 Å². The van der Waals surface area contributed by atoms with E-state index < -0.39 is 0 Å². The molecule has 1 aliphatic carbocycles. The zero-order valence-electron chi connectivity index (χ0n) is 11.9. The minimum Gasteiger partial charge on any atom is -0.320 e. The monoisotopic (exact) mass is 346 g/mol. The van der Waals surface area contributed by atoms with Gasteiger partial charge in [-0.1, -0.05) is 6.92 Å². The van der Waals surface area contributed by atoms with E-state index in [1.807, 2.05) is 11.6 Å². The van der Waals surface area contributed by atoms with Crippen LogP contribution in [0.2, 0.25) is 0 Å². The average Bonchev–Trinajstić information content (AvgIpc) is 3.03. The van der Waals surface area contributed by atoms with Crippen LogP contribution in [0.15, 0.2) is 29.4 Å². The van der Waals surface area contributed by atoms with Gasteiger partial charge in [-0.3, -0.25) is 0 Å². The molecule has 3 heterocycles. The molecule has 0 unspecified atom stereocenters. The van der Waals surface area contributed by atoms with E-state index in [0.29, 0.717) is 5.92 Å². The topological polar surface area (TPSA) is 60.9 Å². The van der Waals surface area contributed by atoms with Gasteiger partial charge in [0.1, 0.15) is 23.1 Å². The molecular formula is C14H15BrN6. The lowest BCUT2D eigenvalue weighted by molar-refractivity contribution is 0.185. The lowest BCUT2D eigenvalue weighted by Crippen LogP contribution is -2.43. The molecule has 0 saturated heterocycles. The zero-order valence-corrected chi connectivity index (χ0v) is 13.4. The van der Waals surface area contributed by atoms with Gasteiger partial charge < -0.3 is 4.57 Å². The second kappa shape index (κ2) is 4.37. The molecule has 0 atom stereocenters. The molecule has 7 heteroatoms. The Balaban J connectivity index is 1.93. The first-order chi connectivity index (χ1) is 10.1. The number of nitrogens with zero attached hydrogens (tertiary/aromatic N) is 6. The predicted molar refractivity (Wildman–Crippen MR) is 80.9 cm³/mol. The van der Waals surface area contributed by atoms with Gasteiger partial charge in [0.2, 0.25) is 0 Å². The quantitative estimate of drug-likeness (QED) is 0.668. The van der Waals surface area contributed by atoms with Crippen LogP contribution in [-0.2, 0) is 12.5 Å². The molecule has 1 saturated carbocycles. The molecule has 0 radical (unpaired) electrons. The van der Waals surface area contributed by atoms with E-state index in [4.69, 9.17) is 0 Å². The first-order valence-electron chi connectivity index (χ1n) is 6.94. The fourth-order valence-electron chi connectivity index (χ4n) is 3.55. The van der Waals surface area contributed by atoms with Crippen molar-refractivity contribution < 1.29 is 0 Å². The van der Waals surface area contributed by atoms with Gasteiger partial charge in [0.25, 0.3) is 0 Å². The van der Waals surface area contributed by atoms with Crippen molar-refractivity contribution in [3.63, 3.8) is 0 Å². The van der Waals surface area contributed by atoms with E-state index in [-0.39, 0.29) is 5.41 Å². The Hall–Kier alpha value is -1.76. The van der Waals surface area contributed by atoms with Crippen molar-refractivity contribution in [2.45, 2.75) is 25.2 Å². The van der Waals surface area contributed by atoms with Gasteiger partial charge in [-0.2, -0.15) is 5.10 Å². The van der Waals surface area contributed by atoms with E-state index in [1.54, 1.807) is 17.2 Å². The molecular weight excluding hydrogens is 332 g/mol. The fraction of sp³-hybridized carbons (Fsp3) is 0.429. The summed E-state index contributed by atoms with van der Waals surface area (Å²) in [6.45, 7) is 2.28. The Morgan fingerprint density at radius 3 is 2.81 bits per heavy atom. The first-order valence-corrected chi connectivity index (χ1v) is 7.74. The van der Waals surface area contributed by atoms with E-state index in [0.717, 1.165) is 28.9 Å². The number of aryl methyl sites for hydroxylation is 1. The number of halogens is 1. The standard InChI is InChI=1S/C14H15BrN6/c1-9-5-14(6-9,13-19-17-8-20(13)2)10-3-11(15)21-12(4-10)16-7-18-21/h3-4,7-9H,5-6H2,1-2H3. The van der Waals surface area contributed by atoms with Crippen LogP contribution in [-0.4, -0.2) is 29.4 Å². The van der Waals surface area contributed by atoms with E-state index >= 15 is 0 Å². The van der Waals surface area contributed by atoms with Crippen LogP contribution >= 0.6 is 15.9 Å². The van der Waals surface area contributed by atoms with Crippen molar-refractivity contribution >= 4 is 21.6 Å². The van der Waals surface area contributed by atoms with Crippen molar-refractivity contribution in [1.82, 2.24) is 29.4 Å². The number of pyridine rings is 1. The molecule has 3 aromatic rings. The van der Waals surface area contributed by atoms with Crippen LogP contribution in [0.5, 0.6) is 0 Å². The Bertz CT molecular complexity index is 814. The van der Waals surface area contributed by atoms with E-state index in [1.165, 1.54) is 5.56 Å². The second-order valence-corrected chi connectivity index (χ2v) is 6.77. The summed E-state index contributed by atoms with van der Waals surface area (Å²) in [5, 5.41) is 12.6. The van der Waals surface area contributed by atoms with E-state index in [9.17, 15) is 0 Å².